The molecule has 0 radical (unpaired) electrons. The van der Waals surface area contributed by atoms with Gasteiger partial charge in [-0.15, -0.1) is 0 Å². The minimum atomic E-state index is 0.937. The molecule has 50 valence electrons. The van der Waals surface area contributed by atoms with Crippen LogP contribution in [0, 0.1) is 22.7 Å². The fourth-order valence-corrected chi connectivity index (χ4v) is 3.68. The number of hydrogen-bond donors (Lipinski definition) is 0. The van der Waals surface area contributed by atoms with Crippen molar-refractivity contribution in [3.63, 3.8) is 0 Å². The molecule has 0 bridgehead atoms. The van der Waals surface area contributed by atoms with E-state index in [9.17, 15) is 0 Å². The Hall–Kier alpha value is 0. The summed E-state index contributed by atoms with van der Waals surface area (Å²) >= 11 is 0. The van der Waals surface area contributed by atoms with Crippen LogP contribution in [-0.4, -0.2) is 0 Å². The molecule has 0 N–H and O–H groups in total. The van der Waals surface area contributed by atoms with Crippen molar-refractivity contribution in [2.24, 2.45) is 22.7 Å². The third-order valence-electron chi connectivity index (χ3n) is 4.53. The first-order valence-corrected chi connectivity index (χ1v) is 4.28. The predicted octanol–water partition coefficient (Wildman–Crippen LogP) is 2.44. The topological polar surface area (TPSA) is 0 Å². The highest BCUT2D eigenvalue weighted by atomic mass is 15.0. The molecule has 0 saturated heterocycles. The van der Waals surface area contributed by atoms with Gasteiger partial charge >= 0.3 is 0 Å². The second-order valence-corrected chi connectivity index (χ2v) is 4.41. The van der Waals surface area contributed by atoms with Crippen molar-refractivity contribution in [2.75, 3.05) is 0 Å². The van der Waals surface area contributed by atoms with Gasteiger partial charge < -0.3 is 0 Å². The SMILES string of the molecule is CCC12CC1C21CC1C. The maximum absolute atomic E-state index is 2.43. The van der Waals surface area contributed by atoms with Gasteiger partial charge in [-0.3, -0.25) is 0 Å². The van der Waals surface area contributed by atoms with E-state index < -0.39 is 0 Å². The Bertz CT molecular complexity index is 176. The van der Waals surface area contributed by atoms with Crippen molar-refractivity contribution < 1.29 is 0 Å². The fraction of sp³-hybridized carbons (Fsp3) is 1.00. The van der Waals surface area contributed by atoms with Crippen molar-refractivity contribution in [2.45, 2.75) is 33.1 Å². The second kappa shape index (κ2) is 0.889. The average Bonchev–Trinajstić information content (AvgIpc) is 2.55. The van der Waals surface area contributed by atoms with E-state index in [1.807, 2.05) is 0 Å². The minimum Gasteiger partial charge on any atom is -0.0648 e. The van der Waals surface area contributed by atoms with Crippen LogP contribution in [0.4, 0.5) is 0 Å². The molecule has 3 fully saturated rings. The highest BCUT2D eigenvalue weighted by Crippen LogP contribution is 3.00. The molecule has 3 aliphatic carbocycles. The average molecular weight is 122 g/mol. The maximum atomic E-state index is 2.43. The van der Waals surface area contributed by atoms with Crippen LogP contribution in [0.1, 0.15) is 33.1 Å². The molecule has 0 nitrogen and oxygen atoms in total. The van der Waals surface area contributed by atoms with Gasteiger partial charge in [-0.05, 0) is 41.9 Å². The molecule has 0 aromatic rings. The first-order valence-electron chi connectivity index (χ1n) is 4.28. The van der Waals surface area contributed by atoms with E-state index in [2.05, 4.69) is 13.8 Å². The van der Waals surface area contributed by atoms with Crippen molar-refractivity contribution in [3.8, 4) is 0 Å². The van der Waals surface area contributed by atoms with Crippen LogP contribution in [0.2, 0.25) is 0 Å². The highest BCUT2D eigenvalue weighted by Gasteiger charge is 2.94. The van der Waals surface area contributed by atoms with Crippen LogP contribution in [0.3, 0.4) is 0 Å². The molecule has 3 rings (SSSR count). The predicted molar refractivity (Wildman–Crippen MR) is 37.0 cm³/mol. The van der Waals surface area contributed by atoms with Crippen LogP contribution in [-0.2, 0) is 0 Å². The van der Waals surface area contributed by atoms with Crippen molar-refractivity contribution in [1.82, 2.24) is 0 Å². The normalized spacial score (nSPS) is 74.0. The van der Waals surface area contributed by atoms with Gasteiger partial charge in [0.15, 0.2) is 0 Å². The van der Waals surface area contributed by atoms with Crippen LogP contribution >= 0.6 is 0 Å². The summed E-state index contributed by atoms with van der Waals surface area (Å²) in [4.78, 5) is 0. The Morgan fingerprint density at radius 2 is 2.11 bits per heavy atom. The molecular formula is C9H14. The standard InChI is InChI=1S/C9H14/c1-3-8-5-7(8)9(8)4-6(9)2/h6-7H,3-5H2,1-2H3. The summed E-state index contributed by atoms with van der Waals surface area (Å²) in [5.41, 5.74) is 1.90. The smallest absolute Gasteiger partial charge is 0.0175 e. The van der Waals surface area contributed by atoms with E-state index >= 15 is 0 Å². The lowest BCUT2D eigenvalue weighted by molar-refractivity contribution is 0.430. The fourth-order valence-electron chi connectivity index (χ4n) is 3.68. The van der Waals surface area contributed by atoms with Crippen LogP contribution in [0.25, 0.3) is 0 Å². The molecule has 0 aromatic heterocycles. The summed E-state index contributed by atoms with van der Waals surface area (Å²) in [5.74, 6) is 2.32. The minimum absolute atomic E-state index is 0.937. The largest absolute Gasteiger partial charge is 0.0648 e. The molecule has 1 spiro atoms. The quantitative estimate of drug-likeness (QED) is 0.501. The van der Waals surface area contributed by atoms with Crippen LogP contribution < -0.4 is 0 Å². The summed E-state index contributed by atoms with van der Waals surface area (Å²) in [6, 6.07) is 0. The second-order valence-electron chi connectivity index (χ2n) is 4.41. The zero-order valence-corrected chi connectivity index (χ0v) is 6.28. The van der Waals surface area contributed by atoms with Gasteiger partial charge in [0.25, 0.3) is 0 Å². The van der Waals surface area contributed by atoms with Crippen molar-refractivity contribution >= 4 is 0 Å². The lowest BCUT2D eigenvalue weighted by Crippen LogP contribution is -1.98. The molecule has 0 heterocycles. The third kappa shape index (κ3) is 0.249. The van der Waals surface area contributed by atoms with Crippen molar-refractivity contribution in [3.05, 3.63) is 0 Å². The number of hydrogen-bond acceptors (Lipinski definition) is 0. The Labute approximate surface area is 56.6 Å². The monoisotopic (exact) mass is 122 g/mol. The lowest BCUT2D eigenvalue weighted by atomic mass is 9.99. The van der Waals surface area contributed by atoms with Crippen LogP contribution in [0.5, 0.6) is 0 Å². The zero-order chi connectivity index (χ0) is 6.28. The van der Waals surface area contributed by atoms with Crippen LogP contribution in [0.15, 0.2) is 0 Å². The highest BCUT2D eigenvalue weighted by molar-refractivity contribution is 5.41. The summed E-state index contributed by atoms with van der Waals surface area (Å²) in [5, 5.41) is 0. The van der Waals surface area contributed by atoms with Crippen molar-refractivity contribution in [1.29, 1.82) is 0 Å². The first-order chi connectivity index (χ1) is 4.28. The van der Waals surface area contributed by atoms with Gasteiger partial charge in [-0.1, -0.05) is 13.8 Å². The zero-order valence-electron chi connectivity index (χ0n) is 6.28. The summed E-state index contributed by atoms with van der Waals surface area (Å²) in [6.07, 6.45) is 4.64. The van der Waals surface area contributed by atoms with Gasteiger partial charge in [-0.25, -0.2) is 0 Å². The van der Waals surface area contributed by atoms with E-state index in [0.29, 0.717) is 0 Å². The van der Waals surface area contributed by atoms with E-state index in [1.165, 1.54) is 12.3 Å². The Morgan fingerprint density at radius 3 is 2.22 bits per heavy atom. The van der Waals surface area contributed by atoms with Gasteiger partial charge in [0.2, 0.25) is 0 Å². The van der Waals surface area contributed by atoms with E-state index in [1.54, 1.807) is 12.8 Å². The van der Waals surface area contributed by atoms with E-state index in [-0.39, 0.29) is 0 Å². The molecule has 0 heteroatoms. The molecule has 4 unspecified atom stereocenters. The van der Waals surface area contributed by atoms with Gasteiger partial charge in [-0.2, -0.15) is 0 Å². The summed E-state index contributed by atoms with van der Waals surface area (Å²) in [6.45, 7) is 4.81. The van der Waals surface area contributed by atoms with Gasteiger partial charge in [0.1, 0.15) is 0 Å². The molecule has 0 aromatic carbocycles. The molecule has 9 heavy (non-hydrogen) atoms. The van der Waals surface area contributed by atoms with E-state index in [0.717, 1.165) is 16.7 Å². The van der Waals surface area contributed by atoms with E-state index in [4.69, 9.17) is 0 Å². The van der Waals surface area contributed by atoms with Gasteiger partial charge in [0, 0.05) is 0 Å². The molecular weight excluding hydrogens is 108 g/mol. The van der Waals surface area contributed by atoms with Gasteiger partial charge in [0.05, 0.1) is 0 Å². The maximum Gasteiger partial charge on any atom is -0.0175 e. The molecule has 3 saturated carbocycles. The third-order valence-corrected chi connectivity index (χ3v) is 4.53. The first kappa shape index (κ1) is 4.76. The molecule has 0 aliphatic heterocycles. The summed E-state index contributed by atoms with van der Waals surface area (Å²) < 4.78 is 0. The molecule has 4 atom stereocenters. The lowest BCUT2D eigenvalue weighted by Gasteiger charge is -2.05. The molecule has 3 aliphatic rings. The number of rotatable bonds is 1. The Balaban J connectivity index is 1.91. The summed E-state index contributed by atoms with van der Waals surface area (Å²) in [7, 11) is 0. The Morgan fingerprint density at radius 1 is 1.44 bits per heavy atom. The number of fused-ring (bicyclic) bond motifs is 3. The molecule has 0 amide bonds. The Kier molecular flexibility index (Phi) is 0.470.